The van der Waals surface area contributed by atoms with Crippen molar-refractivity contribution in [2.45, 2.75) is 25.9 Å². The number of benzene rings is 2. The molecule has 21 heavy (non-hydrogen) atoms. The molecule has 2 aromatic carbocycles. The molecule has 0 aliphatic rings. The number of hydrogen-bond acceptors (Lipinski definition) is 2. The van der Waals surface area contributed by atoms with Gasteiger partial charge in [-0.3, -0.25) is 0 Å². The molecule has 0 saturated heterocycles. The summed E-state index contributed by atoms with van der Waals surface area (Å²) in [5.74, 6) is -0.191. The minimum atomic E-state index is -0.191. The zero-order chi connectivity index (χ0) is 15.4. The fourth-order valence-electron chi connectivity index (χ4n) is 2.40. The number of nitrogens with two attached hydrogens (primary N) is 1. The van der Waals surface area contributed by atoms with Crippen LogP contribution in [0.15, 0.2) is 46.9 Å². The first kappa shape index (κ1) is 16.0. The van der Waals surface area contributed by atoms with E-state index in [1.54, 1.807) is 6.07 Å². The van der Waals surface area contributed by atoms with Gasteiger partial charge in [0.25, 0.3) is 0 Å². The molecule has 0 radical (unpaired) electrons. The van der Waals surface area contributed by atoms with Crippen LogP contribution in [0.5, 0.6) is 0 Å². The van der Waals surface area contributed by atoms with E-state index in [1.165, 1.54) is 6.07 Å². The van der Waals surface area contributed by atoms with Crippen LogP contribution in [-0.2, 0) is 13.0 Å². The van der Waals surface area contributed by atoms with Crippen LogP contribution in [0.2, 0.25) is 0 Å². The molecule has 0 amide bonds. The van der Waals surface area contributed by atoms with Crippen molar-refractivity contribution >= 4 is 21.6 Å². The van der Waals surface area contributed by atoms with Crippen molar-refractivity contribution in [1.82, 2.24) is 0 Å². The van der Waals surface area contributed by atoms with E-state index in [0.717, 1.165) is 15.7 Å². The molecule has 2 aromatic rings. The highest BCUT2D eigenvalue weighted by atomic mass is 79.9. The Hall–Kier alpha value is -1.39. The van der Waals surface area contributed by atoms with Crippen LogP contribution in [0.3, 0.4) is 0 Å². The summed E-state index contributed by atoms with van der Waals surface area (Å²) >= 11 is 3.55. The number of rotatable bonds is 5. The van der Waals surface area contributed by atoms with Crippen LogP contribution in [0, 0.1) is 5.82 Å². The molecular formula is C17H20BrFN2. The van der Waals surface area contributed by atoms with Gasteiger partial charge in [0.05, 0.1) is 0 Å². The summed E-state index contributed by atoms with van der Waals surface area (Å²) in [6, 6.07) is 13.2. The van der Waals surface area contributed by atoms with E-state index in [9.17, 15) is 4.39 Å². The predicted molar refractivity (Wildman–Crippen MR) is 90.0 cm³/mol. The van der Waals surface area contributed by atoms with Gasteiger partial charge < -0.3 is 10.6 Å². The first-order valence-electron chi connectivity index (χ1n) is 6.96. The van der Waals surface area contributed by atoms with E-state index in [2.05, 4.69) is 26.9 Å². The fraction of sp³-hybridized carbons (Fsp3) is 0.294. The molecule has 112 valence electrons. The molecule has 1 unspecified atom stereocenters. The van der Waals surface area contributed by atoms with Gasteiger partial charge in [-0.15, -0.1) is 0 Å². The van der Waals surface area contributed by atoms with Crippen molar-refractivity contribution in [1.29, 1.82) is 0 Å². The third-order valence-electron chi connectivity index (χ3n) is 3.40. The van der Waals surface area contributed by atoms with E-state index in [-0.39, 0.29) is 11.9 Å². The lowest BCUT2D eigenvalue weighted by atomic mass is 10.0. The number of hydrogen-bond donors (Lipinski definition) is 1. The molecule has 0 fully saturated rings. The zero-order valence-electron chi connectivity index (χ0n) is 12.3. The van der Waals surface area contributed by atoms with Crippen molar-refractivity contribution in [3.63, 3.8) is 0 Å². The van der Waals surface area contributed by atoms with Crippen molar-refractivity contribution in [3.05, 3.63) is 63.9 Å². The first-order chi connectivity index (χ1) is 9.99. The Morgan fingerprint density at radius 1 is 1.19 bits per heavy atom. The van der Waals surface area contributed by atoms with E-state index in [1.807, 2.05) is 38.2 Å². The monoisotopic (exact) mass is 350 g/mol. The molecule has 0 spiro atoms. The second-order valence-corrected chi connectivity index (χ2v) is 6.22. The Kier molecular flexibility index (Phi) is 5.37. The fourth-order valence-corrected chi connectivity index (χ4v) is 2.81. The predicted octanol–water partition coefficient (Wildman–Crippen LogP) is 4.11. The third-order valence-corrected chi connectivity index (χ3v) is 4.17. The summed E-state index contributed by atoms with van der Waals surface area (Å²) < 4.78 is 15.2. The lowest BCUT2D eigenvalue weighted by Crippen LogP contribution is -2.23. The SMILES string of the molecule is CC(N)Cc1c(F)cccc1N(C)Cc1ccccc1Br. The highest BCUT2D eigenvalue weighted by Gasteiger charge is 2.14. The molecule has 4 heteroatoms. The van der Waals surface area contributed by atoms with Crippen LogP contribution < -0.4 is 10.6 Å². The maximum absolute atomic E-state index is 14.1. The molecule has 2 nitrogen and oxygen atoms in total. The molecule has 0 aromatic heterocycles. The standard InChI is InChI=1S/C17H20BrFN2/c1-12(20)10-14-16(19)8-5-9-17(14)21(2)11-13-6-3-4-7-15(13)18/h3-9,12H,10-11,20H2,1-2H3. The van der Waals surface area contributed by atoms with Gasteiger partial charge >= 0.3 is 0 Å². The van der Waals surface area contributed by atoms with Crippen LogP contribution >= 0.6 is 15.9 Å². The zero-order valence-corrected chi connectivity index (χ0v) is 13.9. The quantitative estimate of drug-likeness (QED) is 0.878. The van der Waals surface area contributed by atoms with Gasteiger partial charge in [-0.1, -0.05) is 40.2 Å². The molecule has 0 aliphatic heterocycles. The van der Waals surface area contributed by atoms with E-state index < -0.39 is 0 Å². The van der Waals surface area contributed by atoms with Crippen LogP contribution in [0.1, 0.15) is 18.1 Å². The number of halogens is 2. The van der Waals surface area contributed by atoms with E-state index in [4.69, 9.17) is 5.73 Å². The minimum Gasteiger partial charge on any atom is -0.370 e. The van der Waals surface area contributed by atoms with Gasteiger partial charge in [0.2, 0.25) is 0 Å². The van der Waals surface area contributed by atoms with Gasteiger partial charge in [-0.05, 0) is 37.1 Å². The summed E-state index contributed by atoms with van der Waals surface area (Å²) in [6.45, 7) is 2.60. The van der Waals surface area contributed by atoms with Crippen molar-refractivity contribution in [2.75, 3.05) is 11.9 Å². The van der Waals surface area contributed by atoms with E-state index >= 15 is 0 Å². The van der Waals surface area contributed by atoms with Gasteiger partial charge in [-0.25, -0.2) is 4.39 Å². The van der Waals surface area contributed by atoms with Gasteiger partial charge in [0, 0.05) is 35.4 Å². The Bertz CT molecular complexity index is 613. The van der Waals surface area contributed by atoms with Gasteiger partial charge in [0.1, 0.15) is 5.82 Å². The summed E-state index contributed by atoms with van der Waals surface area (Å²) in [4.78, 5) is 2.06. The smallest absolute Gasteiger partial charge is 0.128 e. The van der Waals surface area contributed by atoms with Crippen molar-refractivity contribution in [2.24, 2.45) is 5.73 Å². The van der Waals surface area contributed by atoms with Crippen molar-refractivity contribution < 1.29 is 4.39 Å². The Balaban J connectivity index is 2.29. The maximum atomic E-state index is 14.1. The van der Waals surface area contributed by atoms with Gasteiger partial charge in [0.15, 0.2) is 0 Å². The Labute approximate surface area is 133 Å². The van der Waals surface area contributed by atoms with Crippen LogP contribution in [-0.4, -0.2) is 13.1 Å². The average Bonchev–Trinajstić information content (AvgIpc) is 2.43. The lowest BCUT2D eigenvalue weighted by molar-refractivity contribution is 0.595. The summed E-state index contributed by atoms with van der Waals surface area (Å²) in [7, 11) is 1.97. The van der Waals surface area contributed by atoms with Crippen LogP contribution in [0.4, 0.5) is 10.1 Å². The third kappa shape index (κ3) is 4.05. The van der Waals surface area contributed by atoms with E-state index in [0.29, 0.717) is 18.5 Å². The molecule has 0 saturated carbocycles. The second kappa shape index (κ2) is 7.05. The Morgan fingerprint density at radius 3 is 2.57 bits per heavy atom. The maximum Gasteiger partial charge on any atom is 0.128 e. The largest absolute Gasteiger partial charge is 0.370 e. The minimum absolute atomic E-state index is 0.0717. The van der Waals surface area contributed by atoms with Crippen molar-refractivity contribution in [3.8, 4) is 0 Å². The lowest BCUT2D eigenvalue weighted by Gasteiger charge is -2.24. The number of nitrogens with zero attached hydrogens (tertiary/aromatic N) is 1. The molecule has 0 bridgehead atoms. The Morgan fingerprint density at radius 2 is 1.90 bits per heavy atom. The number of anilines is 1. The normalized spacial score (nSPS) is 12.2. The molecular weight excluding hydrogens is 331 g/mol. The first-order valence-corrected chi connectivity index (χ1v) is 7.76. The topological polar surface area (TPSA) is 29.3 Å². The molecule has 0 heterocycles. The summed E-state index contributed by atoms with van der Waals surface area (Å²) in [5, 5.41) is 0. The molecule has 0 aliphatic carbocycles. The van der Waals surface area contributed by atoms with Crippen LogP contribution in [0.25, 0.3) is 0 Å². The molecule has 1 atom stereocenters. The highest BCUT2D eigenvalue weighted by Crippen LogP contribution is 2.26. The highest BCUT2D eigenvalue weighted by molar-refractivity contribution is 9.10. The average molecular weight is 351 g/mol. The summed E-state index contributed by atoms with van der Waals surface area (Å²) in [5.41, 5.74) is 8.58. The summed E-state index contributed by atoms with van der Waals surface area (Å²) in [6.07, 6.45) is 0.530. The second-order valence-electron chi connectivity index (χ2n) is 5.37. The molecule has 2 rings (SSSR count). The molecule has 2 N–H and O–H groups in total. The van der Waals surface area contributed by atoms with Gasteiger partial charge in [-0.2, -0.15) is 0 Å².